The molecule has 1 aliphatic rings. The van der Waals surface area contributed by atoms with E-state index in [4.69, 9.17) is 9.47 Å². The summed E-state index contributed by atoms with van der Waals surface area (Å²) < 4.78 is 10.5. The van der Waals surface area contributed by atoms with Crippen LogP contribution in [0.5, 0.6) is 0 Å². The Hall–Kier alpha value is -3.32. The lowest BCUT2D eigenvalue weighted by atomic mass is 9.86. The molecule has 4 rings (SSSR count). The highest BCUT2D eigenvalue weighted by atomic mass is 16.5. The molecule has 2 heterocycles. The van der Waals surface area contributed by atoms with Gasteiger partial charge in [0.25, 0.3) is 0 Å². The fourth-order valence-electron chi connectivity index (χ4n) is 4.38. The molecular weight excluding hydrogens is 406 g/mol. The van der Waals surface area contributed by atoms with E-state index in [1.807, 2.05) is 68.4 Å². The molecule has 7 heteroatoms. The smallest absolute Gasteiger partial charge is 0.407 e. The number of alkyl carbamates (subject to hydrolysis) is 1. The van der Waals surface area contributed by atoms with Gasteiger partial charge in [-0.1, -0.05) is 62.4 Å². The first kappa shape index (κ1) is 21.9. The lowest BCUT2D eigenvalue weighted by Crippen LogP contribution is -2.54. The summed E-state index contributed by atoms with van der Waals surface area (Å²) >= 11 is 0. The Morgan fingerprint density at radius 2 is 1.81 bits per heavy atom. The summed E-state index contributed by atoms with van der Waals surface area (Å²) in [7, 11) is 1.39. The zero-order valence-electron chi connectivity index (χ0n) is 18.6. The van der Waals surface area contributed by atoms with Crippen LogP contribution in [0.2, 0.25) is 0 Å². The molecule has 0 saturated heterocycles. The SMILES string of the molecule is COC(=O)[C@@H]1Cc2c([nH]c3ccccc23)[C@H]([C@H](NC(=O)OCc2ccccc2)C(C)C)N1. The highest BCUT2D eigenvalue weighted by Gasteiger charge is 2.39. The molecule has 7 nitrogen and oxygen atoms in total. The molecule has 0 radical (unpaired) electrons. The predicted octanol–water partition coefficient (Wildman–Crippen LogP) is 3.85. The van der Waals surface area contributed by atoms with Crippen molar-refractivity contribution in [2.75, 3.05) is 7.11 Å². The number of ether oxygens (including phenoxy) is 2. The average Bonchev–Trinajstić information content (AvgIpc) is 3.19. The number of carbonyl (C=O) groups is 2. The Morgan fingerprint density at radius 1 is 1.09 bits per heavy atom. The normalized spacial score (nSPS) is 18.8. The fourth-order valence-corrected chi connectivity index (χ4v) is 4.38. The first-order chi connectivity index (χ1) is 15.5. The molecule has 1 aliphatic heterocycles. The maximum Gasteiger partial charge on any atom is 0.407 e. The van der Waals surface area contributed by atoms with Crippen LogP contribution < -0.4 is 10.6 Å². The van der Waals surface area contributed by atoms with Gasteiger partial charge in [-0.15, -0.1) is 0 Å². The molecule has 2 aromatic carbocycles. The summed E-state index contributed by atoms with van der Waals surface area (Å²) in [6.07, 6.45) is 0.0263. The maximum atomic E-state index is 12.7. The molecule has 0 fully saturated rings. The monoisotopic (exact) mass is 435 g/mol. The lowest BCUT2D eigenvalue weighted by Gasteiger charge is -2.37. The first-order valence-electron chi connectivity index (χ1n) is 10.9. The van der Waals surface area contributed by atoms with Crippen LogP contribution in [-0.2, 0) is 27.3 Å². The van der Waals surface area contributed by atoms with Crippen LogP contribution in [0.1, 0.15) is 36.7 Å². The number of nitrogens with one attached hydrogen (secondary N) is 3. The molecule has 0 bridgehead atoms. The van der Waals surface area contributed by atoms with Crippen molar-refractivity contribution >= 4 is 23.0 Å². The van der Waals surface area contributed by atoms with Gasteiger partial charge >= 0.3 is 12.1 Å². The van der Waals surface area contributed by atoms with Crippen LogP contribution in [0.25, 0.3) is 10.9 Å². The number of aromatic amines is 1. The Labute approximate surface area is 187 Å². The molecule has 0 aliphatic carbocycles. The second kappa shape index (κ2) is 9.44. The van der Waals surface area contributed by atoms with E-state index in [-0.39, 0.29) is 30.6 Å². The molecule has 3 atom stereocenters. The number of H-pyrrole nitrogens is 1. The molecule has 3 N–H and O–H groups in total. The lowest BCUT2D eigenvalue weighted by molar-refractivity contribution is -0.143. The Balaban J connectivity index is 1.60. The summed E-state index contributed by atoms with van der Waals surface area (Å²) in [5, 5.41) is 7.51. The van der Waals surface area contributed by atoms with E-state index in [2.05, 4.69) is 15.6 Å². The molecule has 0 spiro atoms. The van der Waals surface area contributed by atoms with Gasteiger partial charge in [-0.2, -0.15) is 0 Å². The van der Waals surface area contributed by atoms with E-state index in [1.54, 1.807) is 0 Å². The van der Waals surface area contributed by atoms with Crippen LogP contribution in [0, 0.1) is 5.92 Å². The number of carbonyl (C=O) groups excluding carboxylic acids is 2. The molecule has 0 saturated carbocycles. The van der Waals surface area contributed by atoms with Crippen LogP contribution in [0.15, 0.2) is 54.6 Å². The fraction of sp³-hybridized carbons (Fsp3) is 0.360. The Morgan fingerprint density at radius 3 is 2.53 bits per heavy atom. The third kappa shape index (κ3) is 4.48. The molecule has 1 amide bonds. The summed E-state index contributed by atoms with van der Waals surface area (Å²) in [5.74, 6) is -0.243. The number of hydrogen-bond donors (Lipinski definition) is 3. The number of methoxy groups -OCH3 is 1. The van der Waals surface area contributed by atoms with E-state index in [0.717, 1.165) is 27.7 Å². The van der Waals surface area contributed by atoms with Crippen LogP contribution in [0.4, 0.5) is 4.79 Å². The third-order valence-electron chi connectivity index (χ3n) is 6.01. The van der Waals surface area contributed by atoms with E-state index < -0.39 is 12.1 Å². The van der Waals surface area contributed by atoms with Gasteiger partial charge in [-0.3, -0.25) is 10.1 Å². The minimum atomic E-state index is -0.500. The van der Waals surface area contributed by atoms with Crippen LogP contribution in [0.3, 0.4) is 0 Å². The quantitative estimate of drug-likeness (QED) is 0.512. The number of esters is 1. The zero-order chi connectivity index (χ0) is 22.7. The van der Waals surface area contributed by atoms with E-state index in [1.165, 1.54) is 7.11 Å². The number of amides is 1. The molecule has 0 unspecified atom stereocenters. The predicted molar refractivity (Wildman–Crippen MR) is 122 cm³/mol. The largest absolute Gasteiger partial charge is 0.468 e. The number of aromatic nitrogens is 1. The highest BCUT2D eigenvalue weighted by molar-refractivity contribution is 5.87. The van der Waals surface area contributed by atoms with Gasteiger partial charge in [0.15, 0.2) is 0 Å². The average molecular weight is 436 g/mol. The van der Waals surface area contributed by atoms with E-state index in [0.29, 0.717) is 6.42 Å². The van der Waals surface area contributed by atoms with E-state index >= 15 is 0 Å². The van der Waals surface area contributed by atoms with Gasteiger partial charge in [-0.25, -0.2) is 4.79 Å². The molecule has 1 aromatic heterocycles. The van der Waals surface area contributed by atoms with Crippen molar-refractivity contribution in [3.8, 4) is 0 Å². The molecular formula is C25H29N3O4. The second-order valence-electron chi connectivity index (χ2n) is 8.46. The summed E-state index contributed by atoms with van der Waals surface area (Å²) in [5.41, 5.74) is 3.98. The van der Waals surface area contributed by atoms with Crippen molar-refractivity contribution in [2.24, 2.45) is 5.92 Å². The summed E-state index contributed by atoms with van der Waals surface area (Å²) in [4.78, 5) is 28.6. The van der Waals surface area contributed by atoms with Crippen molar-refractivity contribution < 1.29 is 19.1 Å². The van der Waals surface area contributed by atoms with Crippen LogP contribution >= 0.6 is 0 Å². The van der Waals surface area contributed by atoms with Crippen molar-refractivity contribution in [3.63, 3.8) is 0 Å². The number of benzene rings is 2. The second-order valence-corrected chi connectivity index (χ2v) is 8.46. The van der Waals surface area contributed by atoms with E-state index in [9.17, 15) is 9.59 Å². The number of fused-ring (bicyclic) bond motifs is 3. The zero-order valence-corrected chi connectivity index (χ0v) is 18.6. The van der Waals surface area contributed by atoms with Crippen molar-refractivity contribution in [2.45, 2.75) is 45.0 Å². The third-order valence-corrected chi connectivity index (χ3v) is 6.01. The summed E-state index contributed by atoms with van der Waals surface area (Å²) in [6, 6.07) is 16.5. The molecule has 32 heavy (non-hydrogen) atoms. The highest BCUT2D eigenvalue weighted by Crippen LogP contribution is 2.35. The van der Waals surface area contributed by atoms with Gasteiger partial charge in [0.1, 0.15) is 12.6 Å². The standard InChI is InChI=1S/C25H29N3O4/c1-15(2)21(28-25(30)32-14-16-9-5-4-6-10-16)23-22-18(13-20(27-23)24(29)31-3)17-11-7-8-12-19(17)26-22/h4-12,15,20-21,23,26-27H,13-14H2,1-3H3,(H,28,30)/t20-,21+,23-/m0/s1. The minimum Gasteiger partial charge on any atom is -0.468 e. The number of hydrogen-bond acceptors (Lipinski definition) is 5. The van der Waals surface area contributed by atoms with Gasteiger partial charge < -0.3 is 19.8 Å². The topological polar surface area (TPSA) is 92.5 Å². The van der Waals surface area contributed by atoms with Gasteiger partial charge in [0.2, 0.25) is 0 Å². The van der Waals surface area contributed by atoms with Crippen molar-refractivity contribution in [1.82, 2.24) is 15.6 Å². The van der Waals surface area contributed by atoms with Gasteiger partial charge in [-0.05, 0) is 23.1 Å². The minimum absolute atomic E-state index is 0.0763. The number of para-hydroxylation sites is 1. The van der Waals surface area contributed by atoms with Crippen molar-refractivity contribution in [3.05, 3.63) is 71.4 Å². The summed E-state index contributed by atoms with van der Waals surface area (Å²) in [6.45, 7) is 4.26. The van der Waals surface area contributed by atoms with Gasteiger partial charge in [0.05, 0.1) is 19.2 Å². The Kier molecular flexibility index (Phi) is 6.46. The molecule has 3 aromatic rings. The maximum absolute atomic E-state index is 12.7. The van der Waals surface area contributed by atoms with Gasteiger partial charge in [0, 0.05) is 23.0 Å². The Bertz CT molecular complexity index is 1090. The first-order valence-corrected chi connectivity index (χ1v) is 10.9. The number of rotatable bonds is 6. The molecule has 168 valence electrons. The van der Waals surface area contributed by atoms with Crippen LogP contribution in [-0.4, -0.2) is 36.2 Å². The van der Waals surface area contributed by atoms with Crippen molar-refractivity contribution in [1.29, 1.82) is 0 Å².